The van der Waals surface area contributed by atoms with Crippen molar-refractivity contribution >= 4 is 45.7 Å². The Morgan fingerprint density at radius 1 is 0.794 bits per heavy atom. The number of fused-ring (bicyclic) bond motifs is 1. The van der Waals surface area contributed by atoms with Gasteiger partial charge in [0.15, 0.2) is 0 Å². The van der Waals surface area contributed by atoms with Crippen LogP contribution in [0.15, 0.2) is 89.8 Å². The lowest BCUT2D eigenvalue weighted by molar-refractivity contribution is -0.113. The molecule has 0 aromatic heterocycles. The molecule has 4 aromatic carbocycles. The van der Waals surface area contributed by atoms with Gasteiger partial charge in [-0.2, -0.15) is 0 Å². The number of carbonyl (C=O) groups is 2. The van der Waals surface area contributed by atoms with Crippen molar-refractivity contribution in [3.63, 3.8) is 0 Å². The lowest BCUT2D eigenvalue weighted by atomic mass is 10.1. The van der Waals surface area contributed by atoms with Gasteiger partial charge in [-0.3, -0.25) is 9.59 Å². The van der Waals surface area contributed by atoms with Crippen molar-refractivity contribution in [2.45, 2.75) is 4.90 Å². The fraction of sp³-hybridized carbons (Fsp3) is 0.111. The lowest BCUT2D eigenvalue weighted by Crippen LogP contribution is -2.14. The third-order valence-electron chi connectivity index (χ3n) is 5.18. The Morgan fingerprint density at radius 2 is 1.56 bits per heavy atom. The van der Waals surface area contributed by atoms with Gasteiger partial charge < -0.3 is 20.1 Å². The fourth-order valence-corrected chi connectivity index (χ4v) is 4.10. The summed E-state index contributed by atoms with van der Waals surface area (Å²) in [6.07, 6.45) is 0. The normalized spacial score (nSPS) is 10.5. The Morgan fingerprint density at radius 3 is 2.29 bits per heavy atom. The van der Waals surface area contributed by atoms with Gasteiger partial charge in [-0.25, -0.2) is 0 Å². The van der Waals surface area contributed by atoms with E-state index in [1.54, 1.807) is 32.4 Å². The zero-order valence-corrected chi connectivity index (χ0v) is 19.6. The van der Waals surface area contributed by atoms with Crippen molar-refractivity contribution in [1.82, 2.24) is 0 Å². The van der Waals surface area contributed by atoms with Gasteiger partial charge in [-0.05, 0) is 59.3 Å². The Bertz CT molecular complexity index is 1320. The van der Waals surface area contributed by atoms with E-state index in [-0.39, 0.29) is 17.6 Å². The number of rotatable bonds is 8. The van der Waals surface area contributed by atoms with Gasteiger partial charge in [0.05, 0.1) is 25.7 Å². The molecule has 0 aliphatic heterocycles. The number of anilines is 2. The first-order valence-corrected chi connectivity index (χ1v) is 11.6. The molecular weight excluding hydrogens is 448 g/mol. The molecule has 0 unspecified atom stereocenters. The maximum atomic E-state index is 12.6. The molecule has 0 aliphatic carbocycles. The van der Waals surface area contributed by atoms with Crippen molar-refractivity contribution < 1.29 is 19.1 Å². The third-order valence-corrected chi connectivity index (χ3v) is 6.19. The molecule has 0 fully saturated rings. The minimum absolute atomic E-state index is 0.151. The fourth-order valence-electron chi connectivity index (χ4n) is 3.41. The van der Waals surface area contributed by atoms with Crippen LogP contribution in [0.25, 0.3) is 10.8 Å². The molecule has 2 amide bonds. The summed E-state index contributed by atoms with van der Waals surface area (Å²) in [5.74, 6) is 1.10. The highest BCUT2D eigenvalue weighted by Gasteiger charge is 2.10. The first-order chi connectivity index (χ1) is 16.6. The van der Waals surface area contributed by atoms with Crippen molar-refractivity contribution in [2.24, 2.45) is 0 Å². The summed E-state index contributed by atoms with van der Waals surface area (Å²) < 4.78 is 10.5. The van der Waals surface area contributed by atoms with Gasteiger partial charge in [0.2, 0.25) is 5.91 Å². The number of ether oxygens (including phenoxy) is 2. The van der Waals surface area contributed by atoms with Crippen LogP contribution in [0.2, 0.25) is 0 Å². The van der Waals surface area contributed by atoms with Gasteiger partial charge >= 0.3 is 0 Å². The van der Waals surface area contributed by atoms with Crippen LogP contribution in [0.4, 0.5) is 11.4 Å². The third kappa shape index (κ3) is 5.68. The van der Waals surface area contributed by atoms with Gasteiger partial charge in [-0.1, -0.05) is 30.3 Å². The van der Waals surface area contributed by atoms with E-state index in [9.17, 15) is 9.59 Å². The van der Waals surface area contributed by atoms with Crippen molar-refractivity contribution in [3.8, 4) is 11.5 Å². The molecule has 7 heteroatoms. The molecule has 0 aliphatic rings. The molecule has 0 heterocycles. The number of nitrogens with one attached hydrogen (secondary N) is 2. The maximum Gasteiger partial charge on any atom is 0.255 e. The van der Waals surface area contributed by atoms with Gasteiger partial charge in [0, 0.05) is 22.2 Å². The first kappa shape index (κ1) is 23.2. The summed E-state index contributed by atoms with van der Waals surface area (Å²) in [5, 5.41) is 7.89. The second kappa shape index (κ2) is 10.8. The molecule has 6 nitrogen and oxygen atoms in total. The predicted octanol–water partition coefficient (Wildman–Crippen LogP) is 5.84. The minimum atomic E-state index is -0.168. The van der Waals surface area contributed by atoms with Crippen molar-refractivity contribution in [3.05, 3.63) is 90.5 Å². The topological polar surface area (TPSA) is 76.7 Å². The summed E-state index contributed by atoms with van der Waals surface area (Å²) in [4.78, 5) is 25.9. The number of thioether (sulfide) groups is 1. The Labute approximate surface area is 202 Å². The number of amides is 2. The zero-order valence-electron chi connectivity index (χ0n) is 18.8. The van der Waals surface area contributed by atoms with E-state index >= 15 is 0 Å². The highest BCUT2D eigenvalue weighted by Crippen LogP contribution is 2.29. The predicted molar refractivity (Wildman–Crippen MR) is 137 cm³/mol. The standard InChI is InChI=1S/C27H24N2O4S/c1-32-22-11-14-24(25(16-22)33-2)29-26(30)17-34-23-12-9-21(10-13-23)28-27(31)20-8-7-18-5-3-4-6-19(18)15-20/h3-16H,17H2,1-2H3,(H,28,31)(H,29,30). The van der Waals surface area contributed by atoms with Crippen molar-refractivity contribution in [1.29, 1.82) is 0 Å². The molecule has 34 heavy (non-hydrogen) atoms. The number of hydrogen-bond donors (Lipinski definition) is 2. The summed E-state index contributed by atoms with van der Waals surface area (Å²) in [6, 6.07) is 26.2. The van der Waals surface area contributed by atoms with Crippen LogP contribution in [0.3, 0.4) is 0 Å². The van der Waals surface area contributed by atoms with Crippen LogP contribution in [-0.4, -0.2) is 31.8 Å². The number of hydrogen-bond acceptors (Lipinski definition) is 5. The monoisotopic (exact) mass is 472 g/mol. The lowest BCUT2D eigenvalue weighted by Gasteiger charge is -2.11. The molecule has 4 rings (SSSR count). The van der Waals surface area contributed by atoms with Crippen LogP contribution >= 0.6 is 11.8 Å². The number of benzene rings is 4. The SMILES string of the molecule is COc1ccc(NC(=O)CSc2ccc(NC(=O)c3ccc4ccccc4c3)cc2)c(OC)c1. The van der Waals surface area contributed by atoms with E-state index in [1.165, 1.54) is 11.8 Å². The van der Waals surface area contributed by atoms with E-state index in [4.69, 9.17) is 9.47 Å². The van der Waals surface area contributed by atoms with Gasteiger partial charge in [-0.15, -0.1) is 11.8 Å². The Hall–Kier alpha value is -3.97. The molecule has 0 radical (unpaired) electrons. The van der Waals surface area contributed by atoms with Gasteiger partial charge in [0.1, 0.15) is 11.5 Å². The molecule has 2 N–H and O–H groups in total. The molecule has 0 atom stereocenters. The molecule has 4 aromatic rings. The van der Waals surface area contributed by atoms with Crippen molar-refractivity contribution in [2.75, 3.05) is 30.6 Å². The summed E-state index contributed by atoms with van der Waals surface area (Å²) in [6.45, 7) is 0. The van der Waals surface area contributed by atoms with E-state index in [2.05, 4.69) is 10.6 Å². The number of methoxy groups -OCH3 is 2. The van der Waals surface area contributed by atoms with E-state index in [1.807, 2.05) is 66.7 Å². The highest BCUT2D eigenvalue weighted by molar-refractivity contribution is 8.00. The molecule has 0 spiro atoms. The molecule has 172 valence electrons. The van der Waals surface area contributed by atoms with Gasteiger partial charge in [0.25, 0.3) is 5.91 Å². The summed E-state index contributed by atoms with van der Waals surface area (Å²) >= 11 is 1.40. The highest BCUT2D eigenvalue weighted by atomic mass is 32.2. The average molecular weight is 473 g/mol. The first-order valence-electron chi connectivity index (χ1n) is 10.6. The van der Waals surface area contributed by atoms with Crippen LogP contribution < -0.4 is 20.1 Å². The van der Waals surface area contributed by atoms with E-state index < -0.39 is 0 Å². The van der Waals surface area contributed by atoms with Crippen LogP contribution in [0.1, 0.15) is 10.4 Å². The molecular formula is C27H24N2O4S. The average Bonchev–Trinajstić information content (AvgIpc) is 2.88. The van der Waals surface area contributed by atoms with Crippen LogP contribution in [0, 0.1) is 0 Å². The smallest absolute Gasteiger partial charge is 0.255 e. The largest absolute Gasteiger partial charge is 0.497 e. The van der Waals surface area contributed by atoms with Crippen LogP contribution in [0.5, 0.6) is 11.5 Å². The van der Waals surface area contributed by atoms with E-state index in [0.717, 1.165) is 15.7 Å². The van der Waals surface area contributed by atoms with Crippen LogP contribution in [-0.2, 0) is 4.79 Å². The Balaban J connectivity index is 1.32. The zero-order chi connectivity index (χ0) is 23.9. The maximum absolute atomic E-state index is 12.6. The second-order valence-electron chi connectivity index (χ2n) is 7.44. The van der Waals surface area contributed by atoms with E-state index in [0.29, 0.717) is 28.4 Å². The minimum Gasteiger partial charge on any atom is -0.497 e. The Kier molecular flexibility index (Phi) is 7.34. The second-order valence-corrected chi connectivity index (χ2v) is 8.49. The molecule has 0 bridgehead atoms. The summed E-state index contributed by atoms with van der Waals surface area (Å²) in [5.41, 5.74) is 1.87. The molecule has 0 saturated carbocycles. The summed E-state index contributed by atoms with van der Waals surface area (Å²) in [7, 11) is 3.11. The molecule has 0 saturated heterocycles. The quantitative estimate of drug-likeness (QED) is 0.315. The number of carbonyl (C=O) groups excluding carboxylic acids is 2.